The molecule has 1 nitrogen and oxygen atoms in total. The average molecular weight is 289 g/mol. The minimum atomic E-state index is -1.65. The molecule has 0 aliphatic carbocycles. The molecule has 18 heavy (non-hydrogen) atoms. The SMILES string of the molecule is CC(C)[SiH](O[Si](C(C)C)(C(C)C)C(C)C)C(C)C. The van der Waals surface area contributed by atoms with Gasteiger partial charge in [0, 0.05) is 0 Å². The second kappa shape index (κ2) is 7.25. The maximum absolute atomic E-state index is 7.02. The van der Waals surface area contributed by atoms with Crippen LogP contribution in [0.3, 0.4) is 0 Å². The fraction of sp³-hybridized carbons (Fsp3) is 1.00. The Labute approximate surface area is 119 Å². The average Bonchev–Trinajstić information content (AvgIpc) is 2.15. The lowest BCUT2D eigenvalue weighted by Gasteiger charge is -2.46. The second-order valence-electron chi connectivity index (χ2n) is 7.39. The van der Waals surface area contributed by atoms with Crippen LogP contribution in [0, 0.1) is 0 Å². The van der Waals surface area contributed by atoms with Gasteiger partial charge in [-0.25, -0.2) is 0 Å². The lowest BCUT2D eigenvalue weighted by atomic mass is 10.5. The molecule has 0 saturated heterocycles. The minimum Gasteiger partial charge on any atom is -0.456 e. The van der Waals surface area contributed by atoms with Crippen LogP contribution in [-0.4, -0.2) is 17.4 Å². The van der Waals surface area contributed by atoms with Gasteiger partial charge in [0.05, 0.1) is 0 Å². The summed E-state index contributed by atoms with van der Waals surface area (Å²) in [6, 6.07) is 0. The van der Waals surface area contributed by atoms with Gasteiger partial charge in [0.2, 0.25) is 0 Å². The van der Waals surface area contributed by atoms with E-state index in [4.69, 9.17) is 4.12 Å². The van der Waals surface area contributed by atoms with Gasteiger partial charge in [-0.1, -0.05) is 69.2 Å². The first kappa shape index (κ1) is 18.4. The van der Waals surface area contributed by atoms with E-state index in [1.807, 2.05) is 0 Å². The van der Waals surface area contributed by atoms with Crippen molar-refractivity contribution < 1.29 is 4.12 Å². The molecule has 0 aromatic heterocycles. The van der Waals surface area contributed by atoms with Crippen molar-refractivity contribution in [3.63, 3.8) is 0 Å². The van der Waals surface area contributed by atoms with Crippen LogP contribution < -0.4 is 0 Å². The van der Waals surface area contributed by atoms with Crippen LogP contribution in [0.15, 0.2) is 0 Å². The summed E-state index contributed by atoms with van der Waals surface area (Å²) in [6.45, 7) is 23.8. The highest BCUT2D eigenvalue weighted by Crippen LogP contribution is 2.44. The van der Waals surface area contributed by atoms with E-state index in [0.29, 0.717) is 16.6 Å². The molecule has 0 aromatic carbocycles. The molecule has 0 spiro atoms. The van der Waals surface area contributed by atoms with Gasteiger partial charge in [0.25, 0.3) is 0 Å². The molecule has 0 aliphatic heterocycles. The Balaban J connectivity index is 5.33. The Kier molecular flexibility index (Phi) is 7.41. The second-order valence-corrected chi connectivity index (χ2v) is 17.1. The highest BCUT2D eigenvalue weighted by Gasteiger charge is 2.47. The van der Waals surface area contributed by atoms with Gasteiger partial charge in [-0.15, -0.1) is 0 Å². The van der Waals surface area contributed by atoms with E-state index in [2.05, 4.69) is 69.2 Å². The molecule has 0 saturated carbocycles. The molecule has 0 amide bonds. The van der Waals surface area contributed by atoms with Crippen LogP contribution in [0.25, 0.3) is 0 Å². The lowest BCUT2D eigenvalue weighted by molar-refractivity contribution is 0.467. The predicted octanol–water partition coefficient (Wildman–Crippen LogP) is 5.72. The summed E-state index contributed by atoms with van der Waals surface area (Å²) in [6.07, 6.45) is 0. The third-order valence-corrected chi connectivity index (χ3v) is 15.1. The molecule has 0 fully saturated rings. The molecule has 0 N–H and O–H groups in total. The molecular weight excluding hydrogens is 252 g/mol. The van der Waals surface area contributed by atoms with E-state index < -0.39 is 17.4 Å². The standard InChI is InChI=1S/C15H36OSi2/c1-11(2)17(12(3)4)16-18(13(5)6,14(7)8)15(9)10/h11-15,17H,1-10H3. The van der Waals surface area contributed by atoms with Gasteiger partial charge in [-0.05, 0) is 27.7 Å². The zero-order valence-corrected chi connectivity index (χ0v) is 16.5. The topological polar surface area (TPSA) is 9.23 Å². The Morgan fingerprint density at radius 1 is 0.611 bits per heavy atom. The van der Waals surface area contributed by atoms with Gasteiger partial charge in [0.1, 0.15) is 0 Å². The van der Waals surface area contributed by atoms with Gasteiger partial charge in [-0.3, -0.25) is 0 Å². The Morgan fingerprint density at radius 3 is 1.06 bits per heavy atom. The molecule has 0 bridgehead atoms. The first-order chi connectivity index (χ1) is 8.07. The maximum atomic E-state index is 7.02. The van der Waals surface area contributed by atoms with Crippen molar-refractivity contribution in [1.29, 1.82) is 0 Å². The first-order valence-electron chi connectivity index (χ1n) is 7.75. The van der Waals surface area contributed by atoms with E-state index in [1.54, 1.807) is 0 Å². The van der Waals surface area contributed by atoms with E-state index in [-0.39, 0.29) is 0 Å². The normalized spacial score (nSPS) is 14.0. The lowest BCUT2D eigenvalue weighted by Crippen LogP contribution is -2.52. The largest absolute Gasteiger partial charge is 0.456 e. The third kappa shape index (κ3) is 3.94. The van der Waals surface area contributed by atoms with E-state index in [0.717, 1.165) is 11.1 Å². The van der Waals surface area contributed by atoms with Crippen molar-refractivity contribution in [2.75, 3.05) is 0 Å². The predicted molar refractivity (Wildman–Crippen MR) is 89.5 cm³/mol. The number of rotatable bonds is 7. The van der Waals surface area contributed by atoms with Gasteiger partial charge in [0.15, 0.2) is 17.4 Å². The number of hydrogen-bond donors (Lipinski definition) is 0. The Hall–Kier alpha value is 0.394. The first-order valence-corrected chi connectivity index (χ1v) is 11.7. The zero-order chi connectivity index (χ0) is 14.7. The zero-order valence-electron chi connectivity index (χ0n) is 14.4. The molecule has 0 aromatic rings. The van der Waals surface area contributed by atoms with E-state index in [9.17, 15) is 0 Å². The summed E-state index contributed by atoms with van der Waals surface area (Å²) in [5, 5.41) is 0. The van der Waals surface area contributed by atoms with Crippen LogP contribution in [0.2, 0.25) is 27.7 Å². The van der Waals surface area contributed by atoms with Gasteiger partial charge < -0.3 is 4.12 Å². The summed E-state index contributed by atoms with van der Waals surface area (Å²) in [5.41, 5.74) is 3.63. The van der Waals surface area contributed by atoms with Crippen LogP contribution in [0.5, 0.6) is 0 Å². The van der Waals surface area contributed by atoms with Crippen LogP contribution >= 0.6 is 0 Å². The van der Waals surface area contributed by atoms with E-state index >= 15 is 0 Å². The molecule has 3 heteroatoms. The van der Waals surface area contributed by atoms with Crippen molar-refractivity contribution in [2.24, 2.45) is 0 Å². The van der Waals surface area contributed by atoms with Crippen molar-refractivity contribution >= 4 is 17.4 Å². The van der Waals surface area contributed by atoms with Crippen LogP contribution in [0.1, 0.15) is 69.2 Å². The molecule has 0 heterocycles. The minimum absolute atomic E-state index is 0.713. The number of hydrogen-bond acceptors (Lipinski definition) is 1. The molecule has 0 aliphatic rings. The van der Waals surface area contributed by atoms with Crippen molar-refractivity contribution in [3.8, 4) is 0 Å². The highest BCUT2D eigenvalue weighted by atomic mass is 28.4. The van der Waals surface area contributed by atoms with Crippen molar-refractivity contribution in [1.82, 2.24) is 0 Å². The van der Waals surface area contributed by atoms with Gasteiger partial charge >= 0.3 is 0 Å². The fourth-order valence-corrected chi connectivity index (χ4v) is 16.6. The summed E-state index contributed by atoms with van der Waals surface area (Å²) < 4.78 is 7.02. The van der Waals surface area contributed by atoms with Crippen LogP contribution in [0.4, 0.5) is 0 Å². The van der Waals surface area contributed by atoms with Crippen molar-refractivity contribution in [3.05, 3.63) is 0 Å². The monoisotopic (exact) mass is 288 g/mol. The third-order valence-electron chi connectivity index (χ3n) is 4.36. The molecule has 0 radical (unpaired) electrons. The maximum Gasteiger partial charge on any atom is 0.187 e. The molecule has 110 valence electrons. The summed E-state index contributed by atoms with van der Waals surface area (Å²) in [7, 11) is -2.77. The van der Waals surface area contributed by atoms with Gasteiger partial charge in [-0.2, -0.15) is 0 Å². The van der Waals surface area contributed by atoms with Crippen molar-refractivity contribution in [2.45, 2.75) is 96.9 Å². The fourth-order valence-electron chi connectivity index (χ4n) is 3.69. The Morgan fingerprint density at radius 2 is 0.889 bits per heavy atom. The quantitative estimate of drug-likeness (QED) is 0.544. The molecular formula is C15H36OSi2. The van der Waals surface area contributed by atoms with Crippen LogP contribution in [-0.2, 0) is 4.12 Å². The van der Waals surface area contributed by atoms with E-state index in [1.165, 1.54) is 0 Å². The molecule has 0 atom stereocenters. The summed E-state index contributed by atoms with van der Waals surface area (Å²) >= 11 is 0. The molecule has 0 rings (SSSR count). The Bertz CT molecular complexity index is 205. The highest BCUT2D eigenvalue weighted by molar-refractivity contribution is 6.83. The summed E-state index contributed by atoms with van der Waals surface area (Å²) in [5.74, 6) is 0. The smallest absolute Gasteiger partial charge is 0.187 e. The molecule has 0 unspecified atom stereocenters. The summed E-state index contributed by atoms with van der Waals surface area (Å²) in [4.78, 5) is 0.